The van der Waals surface area contributed by atoms with Gasteiger partial charge in [0.25, 0.3) is 0 Å². The molecule has 4 nitrogen and oxygen atoms in total. The predicted octanol–water partition coefficient (Wildman–Crippen LogP) is 0.657. The molecule has 1 aliphatic rings. The van der Waals surface area contributed by atoms with Gasteiger partial charge in [-0.05, 0) is 26.8 Å². The lowest BCUT2D eigenvalue weighted by Gasteiger charge is -2.24. The number of hydrogen-bond acceptors (Lipinski definition) is 3. The van der Waals surface area contributed by atoms with Crippen molar-refractivity contribution in [2.24, 2.45) is 0 Å². The summed E-state index contributed by atoms with van der Waals surface area (Å²) in [5, 5.41) is 11.3. The normalized spacial score (nSPS) is 18.8. The number of rotatable bonds is 6. The molecule has 80 valence electrons. The van der Waals surface area contributed by atoms with E-state index in [4.69, 9.17) is 5.11 Å². The van der Waals surface area contributed by atoms with Gasteiger partial charge in [-0.1, -0.05) is 0 Å². The molecule has 0 aromatic heterocycles. The zero-order valence-corrected chi connectivity index (χ0v) is 8.73. The van der Waals surface area contributed by atoms with Crippen LogP contribution in [0.2, 0.25) is 0 Å². The number of carboxylic acid groups (broad SMARTS) is 1. The summed E-state index contributed by atoms with van der Waals surface area (Å²) < 4.78 is 0. The smallest absolute Gasteiger partial charge is 0.329 e. The van der Waals surface area contributed by atoms with Crippen LogP contribution in [0.3, 0.4) is 0 Å². The largest absolute Gasteiger partial charge is 0.478 e. The summed E-state index contributed by atoms with van der Waals surface area (Å²) in [6, 6.07) is 1.19. The van der Waals surface area contributed by atoms with Crippen molar-refractivity contribution < 1.29 is 9.90 Å². The number of carbonyl (C=O) groups is 1. The molecule has 4 heteroatoms. The lowest BCUT2D eigenvalue weighted by atomic mass is 10.3. The van der Waals surface area contributed by atoms with Crippen molar-refractivity contribution in [2.45, 2.75) is 31.8 Å². The van der Waals surface area contributed by atoms with E-state index in [0.29, 0.717) is 6.04 Å². The van der Waals surface area contributed by atoms with Crippen LogP contribution >= 0.6 is 0 Å². The fraction of sp³-hybridized carbons (Fsp3) is 0.700. The molecular weight excluding hydrogens is 180 g/mol. The van der Waals surface area contributed by atoms with Gasteiger partial charge in [-0.25, -0.2) is 4.79 Å². The number of aliphatic carboxylic acids is 1. The minimum atomic E-state index is -0.916. The Kier molecular flexibility index (Phi) is 3.95. The highest BCUT2D eigenvalue weighted by molar-refractivity contribution is 5.79. The Hall–Kier alpha value is -1.03. The molecule has 0 aromatic carbocycles. The van der Waals surface area contributed by atoms with E-state index in [9.17, 15) is 4.79 Å². The van der Waals surface area contributed by atoms with E-state index < -0.39 is 5.97 Å². The average Bonchev–Trinajstić information content (AvgIpc) is 2.93. The van der Waals surface area contributed by atoms with Crippen LogP contribution in [0.1, 0.15) is 19.8 Å². The second-order valence-corrected chi connectivity index (χ2v) is 3.83. The molecule has 0 spiro atoms. The van der Waals surface area contributed by atoms with Crippen molar-refractivity contribution in [3.8, 4) is 0 Å². The summed E-state index contributed by atoms with van der Waals surface area (Å²) in [6.45, 7) is 2.93. The van der Waals surface area contributed by atoms with Gasteiger partial charge < -0.3 is 10.4 Å². The molecule has 1 saturated carbocycles. The quantitative estimate of drug-likeness (QED) is 0.615. The first-order chi connectivity index (χ1) is 6.61. The summed E-state index contributed by atoms with van der Waals surface area (Å²) >= 11 is 0. The molecule has 0 heterocycles. The van der Waals surface area contributed by atoms with Gasteiger partial charge >= 0.3 is 5.97 Å². The molecule has 2 N–H and O–H groups in total. The Bertz CT molecular complexity index is 224. The molecular formula is C10H18N2O2. The van der Waals surface area contributed by atoms with Crippen LogP contribution < -0.4 is 5.32 Å². The number of likely N-dealkylation sites (N-methyl/N-ethyl adjacent to an activating group) is 1. The predicted molar refractivity (Wildman–Crippen MR) is 55.0 cm³/mol. The molecule has 1 rings (SSSR count). The van der Waals surface area contributed by atoms with Crippen LogP contribution in [0.4, 0.5) is 0 Å². The Balaban J connectivity index is 2.13. The van der Waals surface area contributed by atoms with E-state index in [1.54, 1.807) is 0 Å². The van der Waals surface area contributed by atoms with Crippen molar-refractivity contribution in [3.63, 3.8) is 0 Å². The highest BCUT2D eigenvalue weighted by Crippen LogP contribution is 2.26. The van der Waals surface area contributed by atoms with Gasteiger partial charge in [-0.3, -0.25) is 4.90 Å². The van der Waals surface area contributed by atoms with Crippen molar-refractivity contribution in [1.82, 2.24) is 10.2 Å². The van der Waals surface area contributed by atoms with Crippen LogP contribution in [0, 0.1) is 0 Å². The second-order valence-electron chi connectivity index (χ2n) is 3.83. The lowest BCUT2D eigenvalue weighted by Crippen LogP contribution is -2.37. The van der Waals surface area contributed by atoms with E-state index in [2.05, 4.69) is 24.2 Å². The van der Waals surface area contributed by atoms with Crippen LogP contribution in [-0.2, 0) is 4.79 Å². The maximum Gasteiger partial charge on any atom is 0.329 e. The maximum absolute atomic E-state index is 10.2. The molecule has 0 saturated heterocycles. The molecule has 14 heavy (non-hydrogen) atoms. The maximum atomic E-state index is 10.2. The zero-order chi connectivity index (χ0) is 10.6. The number of nitrogens with zero attached hydrogens (tertiary/aromatic N) is 1. The highest BCUT2D eigenvalue weighted by atomic mass is 16.4. The Morgan fingerprint density at radius 2 is 2.36 bits per heavy atom. The minimum absolute atomic E-state index is 0.445. The van der Waals surface area contributed by atoms with Gasteiger partial charge in [0.05, 0.1) is 0 Å². The van der Waals surface area contributed by atoms with Crippen molar-refractivity contribution >= 4 is 5.97 Å². The summed E-state index contributed by atoms with van der Waals surface area (Å²) in [5.41, 5.74) is 0. The monoisotopic (exact) mass is 198 g/mol. The SMILES string of the molecule is CC(CN/C=C/C(=O)O)N(C)C1CC1. The van der Waals surface area contributed by atoms with E-state index in [1.165, 1.54) is 19.0 Å². The Morgan fingerprint density at radius 3 is 2.86 bits per heavy atom. The summed E-state index contributed by atoms with van der Waals surface area (Å²) in [6.07, 6.45) is 5.20. The van der Waals surface area contributed by atoms with Crippen LogP contribution in [0.5, 0.6) is 0 Å². The number of hydrogen-bond donors (Lipinski definition) is 2. The van der Waals surface area contributed by atoms with Gasteiger partial charge in [-0.2, -0.15) is 0 Å². The first-order valence-electron chi connectivity index (χ1n) is 4.96. The molecule has 1 fully saturated rings. The summed E-state index contributed by atoms with van der Waals surface area (Å²) in [4.78, 5) is 12.5. The van der Waals surface area contributed by atoms with Gasteiger partial charge in [0.1, 0.15) is 0 Å². The van der Waals surface area contributed by atoms with Crippen LogP contribution in [0.15, 0.2) is 12.3 Å². The summed E-state index contributed by atoms with van der Waals surface area (Å²) in [5.74, 6) is -0.916. The van der Waals surface area contributed by atoms with Crippen molar-refractivity contribution in [3.05, 3.63) is 12.3 Å². The van der Waals surface area contributed by atoms with E-state index in [1.807, 2.05) is 0 Å². The second kappa shape index (κ2) is 5.00. The summed E-state index contributed by atoms with van der Waals surface area (Å²) in [7, 11) is 2.12. The van der Waals surface area contributed by atoms with E-state index in [0.717, 1.165) is 18.7 Å². The van der Waals surface area contributed by atoms with Crippen LogP contribution in [-0.4, -0.2) is 41.7 Å². The minimum Gasteiger partial charge on any atom is -0.478 e. The number of carboxylic acids is 1. The molecule has 0 aromatic rings. The van der Waals surface area contributed by atoms with E-state index in [-0.39, 0.29) is 0 Å². The third-order valence-corrected chi connectivity index (χ3v) is 2.58. The molecule has 1 unspecified atom stereocenters. The first-order valence-corrected chi connectivity index (χ1v) is 4.96. The molecule has 1 atom stereocenters. The van der Waals surface area contributed by atoms with Crippen molar-refractivity contribution in [1.29, 1.82) is 0 Å². The molecule has 0 radical (unpaired) electrons. The molecule has 0 aliphatic heterocycles. The molecule has 0 bridgehead atoms. The van der Waals surface area contributed by atoms with Gasteiger partial charge in [-0.15, -0.1) is 0 Å². The fourth-order valence-electron chi connectivity index (χ4n) is 1.35. The molecule has 0 amide bonds. The van der Waals surface area contributed by atoms with Gasteiger partial charge in [0.2, 0.25) is 0 Å². The topological polar surface area (TPSA) is 52.6 Å². The fourth-order valence-corrected chi connectivity index (χ4v) is 1.35. The zero-order valence-electron chi connectivity index (χ0n) is 8.73. The van der Waals surface area contributed by atoms with Crippen molar-refractivity contribution in [2.75, 3.05) is 13.6 Å². The van der Waals surface area contributed by atoms with Crippen LogP contribution in [0.25, 0.3) is 0 Å². The third kappa shape index (κ3) is 3.79. The number of nitrogens with one attached hydrogen (secondary N) is 1. The molecule has 1 aliphatic carbocycles. The Morgan fingerprint density at radius 1 is 1.71 bits per heavy atom. The first kappa shape index (κ1) is 11.0. The highest BCUT2D eigenvalue weighted by Gasteiger charge is 2.28. The standard InChI is InChI=1S/C10H18N2O2/c1-8(12(2)9-3-4-9)7-11-6-5-10(13)14/h5-6,8-9,11H,3-4,7H2,1-2H3,(H,13,14)/b6-5+. The van der Waals surface area contributed by atoms with E-state index >= 15 is 0 Å². The lowest BCUT2D eigenvalue weighted by molar-refractivity contribution is -0.131. The Labute approximate surface area is 84.6 Å². The van der Waals surface area contributed by atoms with Gasteiger partial charge in [0, 0.05) is 30.9 Å². The average molecular weight is 198 g/mol. The third-order valence-electron chi connectivity index (χ3n) is 2.58. The van der Waals surface area contributed by atoms with Gasteiger partial charge in [0.15, 0.2) is 0 Å².